The molecule has 5 aromatic rings. The highest BCUT2D eigenvalue weighted by Crippen LogP contribution is 2.26. The van der Waals surface area contributed by atoms with E-state index >= 15 is 0 Å². The molecule has 0 N–H and O–H groups in total. The summed E-state index contributed by atoms with van der Waals surface area (Å²) in [5.74, 6) is 0.0763. The van der Waals surface area contributed by atoms with E-state index in [2.05, 4.69) is 38.7 Å². The summed E-state index contributed by atoms with van der Waals surface area (Å²) in [4.78, 5) is 21.9. The van der Waals surface area contributed by atoms with Gasteiger partial charge in [0, 0.05) is 49.2 Å². The molecule has 6 nitrogen and oxygen atoms in total. The third-order valence-electron chi connectivity index (χ3n) is 6.97. The molecule has 0 saturated carbocycles. The molecule has 6 heteroatoms. The summed E-state index contributed by atoms with van der Waals surface area (Å²) in [6, 6.07) is 31.9. The van der Waals surface area contributed by atoms with Gasteiger partial charge in [-0.1, -0.05) is 42.5 Å². The van der Waals surface area contributed by atoms with Gasteiger partial charge < -0.3 is 9.80 Å². The van der Waals surface area contributed by atoms with Crippen LogP contribution in [0.2, 0.25) is 0 Å². The van der Waals surface area contributed by atoms with Gasteiger partial charge in [-0.25, -0.2) is 4.98 Å². The third-order valence-corrected chi connectivity index (χ3v) is 6.97. The number of carbonyl (C=O) groups is 1. The first-order valence-corrected chi connectivity index (χ1v) is 12.4. The first-order valence-electron chi connectivity index (χ1n) is 12.4. The Balaban J connectivity index is 1.19. The lowest BCUT2D eigenvalue weighted by molar-refractivity contribution is 0.0747. The fourth-order valence-electron chi connectivity index (χ4n) is 4.87. The van der Waals surface area contributed by atoms with E-state index < -0.39 is 0 Å². The average Bonchev–Trinajstić information content (AvgIpc) is 3.41. The average molecular weight is 484 g/mol. The second kappa shape index (κ2) is 9.63. The van der Waals surface area contributed by atoms with Crippen LogP contribution >= 0.6 is 0 Å². The van der Waals surface area contributed by atoms with Crippen LogP contribution in [0.4, 0.5) is 5.69 Å². The largest absolute Gasteiger partial charge is 0.368 e. The molecule has 1 aliphatic heterocycles. The highest BCUT2D eigenvalue weighted by Gasteiger charge is 2.22. The van der Waals surface area contributed by atoms with Crippen LogP contribution in [0, 0.1) is 11.3 Å². The number of carbonyl (C=O) groups excluding carboxylic acids is 1. The Bertz CT molecular complexity index is 1590. The monoisotopic (exact) mass is 483 g/mol. The zero-order valence-corrected chi connectivity index (χ0v) is 20.3. The van der Waals surface area contributed by atoms with Crippen LogP contribution in [0.5, 0.6) is 0 Å². The van der Waals surface area contributed by atoms with Crippen molar-refractivity contribution in [1.29, 1.82) is 5.26 Å². The van der Waals surface area contributed by atoms with Crippen LogP contribution in [-0.2, 0) is 0 Å². The fraction of sp³-hybridized carbons (Fsp3) is 0.129. The standard InChI is InChI=1S/C31H25N5O/c32-20-23-6-8-25(9-7-23)29-21-33-30-15-14-27(22-36(29)30)24-10-12-26(13-11-24)31(37)35-18-16-34(17-19-35)28-4-2-1-3-5-28/h1-15,21-22H,16-19H2. The van der Waals surface area contributed by atoms with Gasteiger partial charge >= 0.3 is 0 Å². The van der Waals surface area contributed by atoms with Crippen LogP contribution in [0.15, 0.2) is 103 Å². The van der Waals surface area contributed by atoms with Gasteiger partial charge in [0.25, 0.3) is 5.91 Å². The molecular formula is C31H25N5O. The van der Waals surface area contributed by atoms with Crippen LogP contribution in [0.1, 0.15) is 15.9 Å². The lowest BCUT2D eigenvalue weighted by Gasteiger charge is -2.36. The summed E-state index contributed by atoms with van der Waals surface area (Å²) in [6.45, 7) is 3.09. The molecule has 0 radical (unpaired) electrons. The molecule has 1 amide bonds. The molecule has 1 fully saturated rings. The molecule has 0 unspecified atom stereocenters. The molecule has 3 heterocycles. The van der Waals surface area contributed by atoms with Crippen molar-refractivity contribution in [2.75, 3.05) is 31.1 Å². The summed E-state index contributed by atoms with van der Waals surface area (Å²) in [6.07, 6.45) is 3.91. The number of para-hydroxylation sites is 1. The van der Waals surface area contributed by atoms with Crippen molar-refractivity contribution >= 4 is 17.2 Å². The topological polar surface area (TPSA) is 64.6 Å². The maximum atomic E-state index is 13.2. The summed E-state index contributed by atoms with van der Waals surface area (Å²) < 4.78 is 2.06. The Kier molecular flexibility index (Phi) is 5.88. The molecule has 3 aromatic carbocycles. The molecule has 180 valence electrons. The number of imidazole rings is 1. The lowest BCUT2D eigenvalue weighted by atomic mass is 10.0. The second-order valence-corrected chi connectivity index (χ2v) is 9.17. The minimum atomic E-state index is 0.0763. The van der Waals surface area contributed by atoms with Crippen molar-refractivity contribution in [2.45, 2.75) is 0 Å². The molecule has 0 bridgehead atoms. The predicted molar refractivity (Wildman–Crippen MR) is 145 cm³/mol. The predicted octanol–water partition coefficient (Wildman–Crippen LogP) is 5.50. The molecule has 0 atom stereocenters. The van der Waals surface area contributed by atoms with E-state index in [-0.39, 0.29) is 5.91 Å². The number of hydrogen-bond donors (Lipinski definition) is 0. The molecule has 2 aromatic heterocycles. The van der Waals surface area contributed by atoms with E-state index in [1.807, 2.05) is 90.0 Å². The van der Waals surface area contributed by atoms with Crippen molar-refractivity contribution in [3.8, 4) is 28.5 Å². The molecule has 1 saturated heterocycles. The second-order valence-electron chi connectivity index (χ2n) is 9.17. The minimum absolute atomic E-state index is 0.0763. The van der Waals surface area contributed by atoms with Gasteiger partial charge in [-0.15, -0.1) is 0 Å². The van der Waals surface area contributed by atoms with Crippen molar-refractivity contribution in [1.82, 2.24) is 14.3 Å². The number of anilines is 1. The number of pyridine rings is 1. The van der Waals surface area contributed by atoms with E-state index in [0.717, 1.165) is 41.1 Å². The van der Waals surface area contributed by atoms with Gasteiger partial charge in [0.1, 0.15) is 5.65 Å². The van der Waals surface area contributed by atoms with Crippen molar-refractivity contribution in [3.63, 3.8) is 0 Å². The normalized spacial score (nSPS) is 13.5. The van der Waals surface area contributed by atoms with Gasteiger partial charge in [-0.05, 0) is 59.7 Å². The number of rotatable bonds is 4. The number of piperazine rings is 1. The quantitative estimate of drug-likeness (QED) is 0.339. The zero-order valence-electron chi connectivity index (χ0n) is 20.3. The first kappa shape index (κ1) is 22.6. The fourth-order valence-corrected chi connectivity index (χ4v) is 4.87. The number of nitrogens with zero attached hydrogens (tertiary/aromatic N) is 5. The van der Waals surface area contributed by atoms with E-state index in [4.69, 9.17) is 5.26 Å². The van der Waals surface area contributed by atoms with E-state index in [1.54, 1.807) is 0 Å². The van der Waals surface area contributed by atoms with Crippen molar-refractivity contribution < 1.29 is 4.79 Å². The minimum Gasteiger partial charge on any atom is -0.368 e. The van der Waals surface area contributed by atoms with Crippen LogP contribution in [-0.4, -0.2) is 46.4 Å². The first-order chi connectivity index (χ1) is 18.2. The molecule has 0 aliphatic carbocycles. The Morgan fingerprint density at radius 1 is 0.757 bits per heavy atom. The summed E-state index contributed by atoms with van der Waals surface area (Å²) in [5, 5.41) is 9.08. The lowest BCUT2D eigenvalue weighted by Crippen LogP contribution is -2.48. The Morgan fingerprint density at radius 2 is 1.43 bits per heavy atom. The van der Waals surface area contributed by atoms with Gasteiger partial charge in [-0.2, -0.15) is 5.26 Å². The van der Waals surface area contributed by atoms with Gasteiger partial charge in [0.2, 0.25) is 0 Å². The van der Waals surface area contributed by atoms with E-state index in [0.29, 0.717) is 24.2 Å². The highest BCUT2D eigenvalue weighted by molar-refractivity contribution is 5.95. The molecular weight excluding hydrogens is 458 g/mol. The molecule has 37 heavy (non-hydrogen) atoms. The third kappa shape index (κ3) is 4.43. The van der Waals surface area contributed by atoms with Crippen molar-refractivity contribution in [2.24, 2.45) is 0 Å². The van der Waals surface area contributed by atoms with E-state index in [1.165, 1.54) is 5.69 Å². The summed E-state index contributed by atoms with van der Waals surface area (Å²) in [7, 11) is 0. The zero-order chi connectivity index (χ0) is 25.2. The Hall–Kier alpha value is -4.89. The highest BCUT2D eigenvalue weighted by atomic mass is 16.2. The van der Waals surface area contributed by atoms with Crippen LogP contribution in [0.3, 0.4) is 0 Å². The van der Waals surface area contributed by atoms with Gasteiger partial charge in [0.15, 0.2) is 0 Å². The maximum Gasteiger partial charge on any atom is 0.253 e. The van der Waals surface area contributed by atoms with Crippen LogP contribution < -0.4 is 4.90 Å². The van der Waals surface area contributed by atoms with Crippen LogP contribution in [0.25, 0.3) is 28.0 Å². The van der Waals surface area contributed by atoms with Gasteiger partial charge in [-0.3, -0.25) is 9.20 Å². The number of amides is 1. The number of nitriles is 1. The van der Waals surface area contributed by atoms with Crippen molar-refractivity contribution in [3.05, 3.63) is 115 Å². The van der Waals surface area contributed by atoms with E-state index in [9.17, 15) is 4.79 Å². The molecule has 1 aliphatic rings. The molecule has 6 rings (SSSR count). The number of benzene rings is 3. The Morgan fingerprint density at radius 3 is 2.14 bits per heavy atom. The maximum absolute atomic E-state index is 13.2. The Labute approximate surface area is 215 Å². The smallest absolute Gasteiger partial charge is 0.253 e. The van der Waals surface area contributed by atoms with Gasteiger partial charge in [0.05, 0.1) is 23.5 Å². The summed E-state index contributed by atoms with van der Waals surface area (Å²) in [5.41, 5.74) is 7.42. The summed E-state index contributed by atoms with van der Waals surface area (Å²) >= 11 is 0. The number of fused-ring (bicyclic) bond motifs is 1. The molecule has 0 spiro atoms. The number of hydrogen-bond acceptors (Lipinski definition) is 4. The number of aromatic nitrogens is 2. The SMILES string of the molecule is N#Cc1ccc(-c2cnc3ccc(-c4ccc(C(=O)N5CCN(c6ccccc6)CC5)cc4)cn23)cc1.